The van der Waals surface area contributed by atoms with E-state index in [4.69, 9.17) is 4.74 Å². The van der Waals surface area contributed by atoms with Crippen LogP contribution >= 0.6 is 0 Å². The molecule has 1 aliphatic rings. The first-order valence-corrected chi connectivity index (χ1v) is 6.31. The number of Topliss-reactive ketones (excluding diaryl/α,β-unsaturated/α-hetero) is 1. The number of aryl methyl sites for hydroxylation is 1. The maximum absolute atomic E-state index is 12.2. The lowest BCUT2D eigenvalue weighted by atomic mass is 9.80. The minimum atomic E-state index is 0.231. The van der Waals surface area contributed by atoms with Crippen molar-refractivity contribution in [2.75, 3.05) is 7.11 Å². The van der Waals surface area contributed by atoms with Crippen molar-refractivity contribution in [2.24, 2.45) is 5.92 Å². The summed E-state index contributed by atoms with van der Waals surface area (Å²) < 4.78 is 5.39. The quantitative estimate of drug-likeness (QED) is 0.740. The third-order valence-corrected chi connectivity index (χ3v) is 3.88. The summed E-state index contributed by atoms with van der Waals surface area (Å²) in [6.07, 6.45) is 4.37. The topological polar surface area (TPSA) is 26.3 Å². The van der Waals surface area contributed by atoms with Crippen molar-refractivity contribution < 1.29 is 9.53 Å². The number of hydrogen-bond donors (Lipinski definition) is 0. The van der Waals surface area contributed by atoms with Crippen molar-refractivity contribution in [3.05, 3.63) is 28.8 Å². The predicted octanol–water partition coefficient (Wildman–Crippen LogP) is 3.68. The first kappa shape index (κ1) is 12.2. The summed E-state index contributed by atoms with van der Waals surface area (Å²) in [6, 6.07) is 3.91. The second-order valence-corrected chi connectivity index (χ2v) is 5.01. The number of methoxy groups -OCH3 is 1. The standard InChI is InChI=1S/C15H20O2/c1-10-7-8-13(15(17-3)11(10)2)14(16)9-12-5-4-6-12/h7-8,12H,4-6,9H2,1-3H3. The molecule has 1 aromatic carbocycles. The summed E-state index contributed by atoms with van der Waals surface area (Å²) in [4.78, 5) is 12.2. The second-order valence-electron chi connectivity index (χ2n) is 5.01. The van der Waals surface area contributed by atoms with E-state index < -0.39 is 0 Å². The number of carbonyl (C=O) groups is 1. The van der Waals surface area contributed by atoms with E-state index in [0.29, 0.717) is 12.3 Å². The highest BCUT2D eigenvalue weighted by molar-refractivity contribution is 5.99. The van der Waals surface area contributed by atoms with Crippen LogP contribution in [0.25, 0.3) is 0 Å². The zero-order chi connectivity index (χ0) is 12.4. The fourth-order valence-corrected chi connectivity index (χ4v) is 2.34. The summed E-state index contributed by atoms with van der Waals surface area (Å²) in [5, 5.41) is 0. The number of benzene rings is 1. The predicted molar refractivity (Wildman–Crippen MR) is 68.8 cm³/mol. The van der Waals surface area contributed by atoms with Crippen LogP contribution in [0.1, 0.15) is 47.2 Å². The smallest absolute Gasteiger partial charge is 0.166 e. The highest BCUT2D eigenvalue weighted by atomic mass is 16.5. The van der Waals surface area contributed by atoms with Crippen LogP contribution in [0.3, 0.4) is 0 Å². The largest absolute Gasteiger partial charge is 0.496 e. The van der Waals surface area contributed by atoms with Gasteiger partial charge in [-0.1, -0.05) is 25.3 Å². The normalized spacial score (nSPS) is 15.5. The van der Waals surface area contributed by atoms with Gasteiger partial charge in [-0.05, 0) is 37.0 Å². The van der Waals surface area contributed by atoms with Crippen molar-refractivity contribution in [1.29, 1.82) is 0 Å². The van der Waals surface area contributed by atoms with Gasteiger partial charge in [0.25, 0.3) is 0 Å². The Hall–Kier alpha value is -1.31. The number of rotatable bonds is 4. The third kappa shape index (κ3) is 2.36. The van der Waals surface area contributed by atoms with Crippen molar-refractivity contribution in [1.82, 2.24) is 0 Å². The Kier molecular flexibility index (Phi) is 3.51. The lowest BCUT2D eigenvalue weighted by molar-refractivity contribution is 0.0933. The van der Waals surface area contributed by atoms with E-state index >= 15 is 0 Å². The van der Waals surface area contributed by atoms with Gasteiger partial charge in [0.15, 0.2) is 5.78 Å². The van der Waals surface area contributed by atoms with Crippen LogP contribution in [0.5, 0.6) is 5.75 Å². The molecule has 0 saturated heterocycles. The summed E-state index contributed by atoms with van der Waals surface area (Å²) in [6.45, 7) is 4.05. The zero-order valence-corrected chi connectivity index (χ0v) is 10.9. The first-order valence-electron chi connectivity index (χ1n) is 6.31. The molecule has 2 heteroatoms. The maximum atomic E-state index is 12.2. The molecule has 0 aliphatic heterocycles. The van der Waals surface area contributed by atoms with Crippen LogP contribution in [-0.4, -0.2) is 12.9 Å². The molecule has 0 spiro atoms. The summed E-state index contributed by atoms with van der Waals surface area (Å²) in [5.41, 5.74) is 3.00. The third-order valence-electron chi connectivity index (χ3n) is 3.88. The first-order chi connectivity index (χ1) is 8.13. The summed E-state index contributed by atoms with van der Waals surface area (Å²) in [7, 11) is 1.64. The fraction of sp³-hybridized carbons (Fsp3) is 0.533. The molecule has 0 N–H and O–H groups in total. The van der Waals surface area contributed by atoms with Gasteiger partial charge in [0.1, 0.15) is 5.75 Å². The van der Waals surface area contributed by atoms with Gasteiger partial charge in [-0.25, -0.2) is 0 Å². The molecule has 17 heavy (non-hydrogen) atoms. The van der Waals surface area contributed by atoms with Crippen LogP contribution < -0.4 is 4.74 Å². The second kappa shape index (κ2) is 4.91. The van der Waals surface area contributed by atoms with Crippen LogP contribution in [0.4, 0.5) is 0 Å². The lowest BCUT2D eigenvalue weighted by Gasteiger charge is -2.24. The Morgan fingerprint density at radius 1 is 1.35 bits per heavy atom. The van der Waals surface area contributed by atoms with E-state index in [-0.39, 0.29) is 5.78 Å². The molecule has 0 unspecified atom stereocenters. The number of carbonyl (C=O) groups excluding carboxylic acids is 1. The van der Waals surface area contributed by atoms with Gasteiger partial charge in [-0.3, -0.25) is 4.79 Å². The molecule has 0 bridgehead atoms. The Balaban J connectivity index is 2.24. The molecule has 0 atom stereocenters. The van der Waals surface area contributed by atoms with Gasteiger partial charge >= 0.3 is 0 Å². The maximum Gasteiger partial charge on any atom is 0.166 e. The van der Waals surface area contributed by atoms with E-state index in [0.717, 1.165) is 16.9 Å². The molecular weight excluding hydrogens is 212 g/mol. The Bertz CT molecular complexity index is 431. The molecule has 0 aromatic heterocycles. The number of hydrogen-bond acceptors (Lipinski definition) is 2. The van der Waals surface area contributed by atoms with Crippen molar-refractivity contribution >= 4 is 5.78 Å². The molecule has 0 radical (unpaired) electrons. The molecule has 0 heterocycles. The van der Waals surface area contributed by atoms with Crippen LogP contribution in [-0.2, 0) is 0 Å². The molecule has 1 saturated carbocycles. The van der Waals surface area contributed by atoms with Crippen molar-refractivity contribution in [3.63, 3.8) is 0 Å². The molecule has 0 amide bonds. The van der Waals surface area contributed by atoms with Gasteiger partial charge in [-0.15, -0.1) is 0 Å². The van der Waals surface area contributed by atoms with E-state index in [1.165, 1.54) is 24.8 Å². The minimum absolute atomic E-state index is 0.231. The molecule has 2 rings (SSSR count). The van der Waals surface area contributed by atoms with Crippen molar-refractivity contribution in [3.8, 4) is 5.75 Å². The van der Waals surface area contributed by atoms with Gasteiger partial charge in [0, 0.05) is 6.42 Å². The van der Waals surface area contributed by atoms with E-state index in [9.17, 15) is 4.79 Å². The SMILES string of the molecule is COc1c(C(=O)CC2CCC2)ccc(C)c1C. The number of ether oxygens (including phenoxy) is 1. The average Bonchev–Trinajstić information content (AvgIpc) is 2.26. The molecule has 1 fully saturated rings. The molecule has 92 valence electrons. The monoisotopic (exact) mass is 232 g/mol. The molecule has 1 aliphatic carbocycles. The molecule has 1 aromatic rings. The molecule has 2 nitrogen and oxygen atoms in total. The Morgan fingerprint density at radius 3 is 2.59 bits per heavy atom. The van der Waals surface area contributed by atoms with E-state index in [1.54, 1.807) is 7.11 Å². The Labute approximate surface area is 103 Å². The molecular formula is C15H20O2. The summed E-state index contributed by atoms with van der Waals surface area (Å²) >= 11 is 0. The van der Waals surface area contributed by atoms with Gasteiger partial charge in [0.05, 0.1) is 12.7 Å². The minimum Gasteiger partial charge on any atom is -0.496 e. The average molecular weight is 232 g/mol. The highest BCUT2D eigenvalue weighted by Crippen LogP contribution is 2.33. The summed E-state index contributed by atoms with van der Waals surface area (Å²) in [5.74, 6) is 1.60. The van der Waals surface area contributed by atoms with E-state index in [1.807, 2.05) is 26.0 Å². The van der Waals surface area contributed by atoms with Gasteiger partial charge in [-0.2, -0.15) is 0 Å². The van der Waals surface area contributed by atoms with E-state index in [2.05, 4.69) is 0 Å². The van der Waals surface area contributed by atoms with Crippen LogP contribution in [0, 0.1) is 19.8 Å². The number of ketones is 1. The van der Waals surface area contributed by atoms with Crippen molar-refractivity contribution in [2.45, 2.75) is 39.5 Å². The van der Waals surface area contributed by atoms with Gasteiger partial charge in [0.2, 0.25) is 0 Å². The van der Waals surface area contributed by atoms with Crippen LogP contribution in [0.2, 0.25) is 0 Å². The van der Waals surface area contributed by atoms with Crippen LogP contribution in [0.15, 0.2) is 12.1 Å². The fourth-order valence-electron chi connectivity index (χ4n) is 2.34. The van der Waals surface area contributed by atoms with Gasteiger partial charge < -0.3 is 4.74 Å². The lowest BCUT2D eigenvalue weighted by Crippen LogP contribution is -2.16. The Morgan fingerprint density at radius 2 is 2.06 bits per heavy atom. The zero-order valence-electron chi connectivity index (χ0n) is 10.9. The highest BCUT2D eigenvalue weighted by Gasteiger charge is 2.23.